The molecule has 0 saturated carbocycles. The zero-order valence-electron chi connectivity index (χ0n) is 7.09. The Labute approximate surface area is 67.5 Å². The van der Waals surface area contributed by atoms with Crippen LogP contribution in [-0.2, 0) is 0 Å². The van der Waals surface area contributed by atoms with Crippen LogP contribution in [0.3, 0.4) is 0 Å². The lowest BCUT2D eigenvalue weighted by molar-refractivity contribution is 0.919. The second-order valence-electron chi connectivity index (χ2n) is 2.75. The molecule has 2 nitrogen and oxygen atoms in total. The maximum atomic E-state index is 5.80. The molecule has 2 N–H and O–H groups in total. The Kier molecular flexibility index (Phi) is 2.47. The van der Waals surface area contributed by atoms with Crippen LogP contribution in [0.25, 0.3) is 0 Å². The first-order valence-electron chi connectivity index (χ1n) is 3.83. The minimum Gasteiger partial charge on any atom is -0.401 e. The number of aliphatic imine (C=N–C) groups is 1. The van der Waals surface area contributed by atoms with E-state index in [0.717, 1.165) is 24.1 Å². The maximum Gasteiger partial charge on any atom is 0.0301 e. The number of nitrogens with two attached hydrogens (primary N) is 1. The Bertz CT molecular complexity index is 234. The van der Waals surface area contributed by atoms with Crippen molar-refractivity contribution in [1.82, 2.24) is 0 Å². The van der Waals surface area contributed by atoms with Gasteiger partial charge in [-0.25, -0.2) is 0 Å². The molecule has 0 radical (unpaired) electrons. The normalized spacial score (nSPS) is 19.3. The van der Waals surface area contributed by atoms with E-state index in [4.69, 9.17) is 5.73 Å². The van der Waals surface area contributed by atoms with Crippen LogP contribution in [0.4, 0.5) is 0 Å². The third-order valence-corrected chi connectivity index (χ3v) is 1.89. The van der Waals surface area contributed by atoms with Gasteiger partial charge in [-0.15, -0.1) is 0 Å². The van der Waals surface area contributed by atoms with Crippen molar-refractivity contribution in [3.8, 4) is 0 Å². The number of rotatable bonds is 1. The minimum atomic E-state index is 0.968. The summed E-state index contributed by atoms with van der Waals surface area (Å²) in [4.78, 5) is 3.96. The summed E-state index contributed by atoms with van der Waals surface area (Å²) in [6, 6.07) is 0. The average Bonchev–Trinajstić information content (AvgIpc) is 1.97. The molecule has 60 valence electrons. The number of nitrogens with zero attached hydrogens (tertiary/aromatic N) is 1. The van der Waals surface area contributed by atoms with Gasteiger partial charge in [0.25, 0.3) is 0 Å². The number of allylic oxidation sites excluding steroid dienone is 4. The first kappa shape index (κ1) is 8.05. The van der Waals surface area contributed by atoms with Crippen LogP contribution < -0.4 is 5.73 Å². The standard InChI is InChI=1S/C9H14N2/c1-7-4-3-5-9(10)8(7)6-11-2/h4,6H,3,5,10H2,1-2H3. The molecule has 0 aromatic heterocycles. The van der Waals surface area contributed by atoms with Gasteiger partial charge >= 0.3 is 0 Å². The van der Waals surface area contributed by atoms with Crippen molar-refractivity contribution in [2.24, 2.45) is 10.7 Å². The minimum absolute atomic E-state index is 0.968. The summed E-state index contributed by atoms with van der Waals surface area (Å²) in [5, 5.41) is 0. The fourth-order valence-corrected chi connectivity index (χ4v) is 1.26. The molecule has 2 heteroatoms. The van der Waals surface area contributed by atoms with Crippen molar-refractivity contribution in [3.05, 3.63) is 22.9 Å². The summed E-state index contributed by atoms with van der Waals surface area (Å²) in [5.74, 6) is 0. The van der Waals surface area contributed by atoms with Gasteiger partial charge < -0.3 is 5.73 Å². The summed E-state index contributed by atoms with van der Waals surface area (Å²) in [6.07, 6.45) is 6.07. The second kappa shape index (κ2) is 3.37. The molecular formula is C9H14N2. The quantitative estimate of drug-likeness (QED) is 0.567. The predicted molar refractivity (Wildman–Crippen MR) is 48.6 cm³/mol. The van der Waals surface area contributed by atoms with Gasteiger partial charge in [0, 0.05) is 24.5 Å². The summed E-state index contributed by atoms with van der Waals surface area (Å²) in [6.45, 7) is 2.07. The second-order valence-corrected chi connectivity index (χ2v) is 2.75. The lowest BCUT2D eigenvalue weighted by Crippen LogP contribution is -2.08. The summed E-state index contributed by atoms with van der Waals surface area (Å²) in [5.41, 5.74) is 9.13. The van der Waals surface area contributed by atoms with Gasteiger partial charge in [-0.3, -0.25) is 4.99 Å². The van der Waals surface area contributed by atoms with E-state index >= 15 is 0 Å². The van der Waals surface area contributed by atoms with Crippen LogP contribution in [0, 0.1) is 0 Å². The van der Waals surface area contributed by atoms with E-state index in [1.54, 1.807) is 7.05 Å². The predicted octanol–water partition coefficient (Wildman–Crippen LogP) is 1.64. The van der Waals surface area contributed by atoms with E-state index in [1.807, 2.05) is 6.21 Å². The monoisotopic (exact) mass is 150 g/mol. The molecule has 0 spiro atoms. The van der Waals surface area contributed by atoms with Crippen LogP contribution in [0.15, 0.2) is 27.9 Å². The lowest BCUT2D eigenvalue weighted by Gasteiger charge is -2.12. The molecule has 11 heavy (non-hydrogen) atoms. The third-order valence-electron chi connectivity index (χ3n) is 1.89. The molecule has 0 aliphatic heterocycles. The van der Waals surface area contributed by atoms with Gasteiger partial charge in [0.2, 0.25) is 0 Å². The van der Waals surface area contributed by atoms with Crippen LogP contribution in [0.5, 0.6) is 0 Å². The van der Waals surface area contributed by atoms with Crippen molar-refractivity contribution in [2.45, 2.75) is 19.8 Å². The smallest absolute Gasteiger partial charge is 0.0301 e. The van der Waals surface area contributed by atoms with E-state index in [0.29, 0.717) is 0 Å². The Hall–Kier alpha value is -1.05. The number of hydrogen-bond acceptors (Lipinski definition) is 2. The highest BCUT2D eigenvalue weighted by Crippen LogP contribution is 2.19. The van der Waals surface area contributed by atoms with Crippen LogP contribution in [-0.4, -0.2) is 13.3 Å². The lowest BCUT2D eigenvalue weighted by atomic mass is 9.97. The molecular weight excluding hydrogens is 136 g/mol. The molecule has 0 amide bonds. The van der Waals surface area contributed by atoms with E-state index in [2.05, 4.69) is 18.0 Å². The Morgan fingerprint density at radius 3 is 2.91 bits per heavy atom. The fraction of sp³-hybridized carbons (Fsp3) is 0.444. The van der Waals surface area contributed by atoms with Gasteiger partial charge in [-0.1, -0.05) is 6.08 Å². The van der Waals surface area contributed by atoms with Gasteiger partial charge in [0.05, 0.1) is 0 Å². The highest BCUT2D eigenvalue weighted by atomic mass is 14.7. The molecule has 0 aromatic carbocycles. The zero-order chi connectivity index (χ0) is 8.27. The molecule has 1 aliphatic rings. The molecule has 0 unspecified atom stereocenters. The molecule has 0 aromatic rings. The van der Waals surface area contributed by atoms with Crippen molar-refractivity contribution in [2.75, 3.05) is 7.05 Å². The molecule has 0 bridgehead atoms. The van der Waals surface area contributed by atoms with Crippen molar-refractivity contribution >= 4 is 6.21 Å². The fourth-order valence-electron chi connectivity index (χ4n) is 1.26. The van der Waals surface area contributed by atoms with Crippen LogP contribution in [0.1, 0.15) is 19.8 Å². The van der Waals surface area contributed by atoms with Gasteiger partial charge in [0.15, 0.2) is 0 Å². The van der Waals surface area contributed by atoms with Gasteiger partial charge in [-0.2, -0.15) is 0 Å². The van der Waals surface area contributed by atoms with Crippen molar-refractivity contribution < 1.29 is 0 Å². The summed E-state index contributed by atoms with van der Waals surface area (Å²) < 4.78 is 0. The summed E-state index contributed by atoms with van der Waals surface area (Å²) >= 11 is 0. The Morgan fingerprint density at radius 1 is 1.64 bits per heavy atom. The van der Waals surface area contributed by atoms with Crippen LogP contribution in [0.2, 0.25) is 0 Å². The Morgan fingerprint density at radius 2 is 2.36 bits per heavy atom. The highest BCUT2D eigenvalue weighted by molar-refractivity contribution is 5.85. The largest absolute Gasteiger partial charge is 0.401 e. The Balaban J connectivity index is 2.94. The van der Waals surface area contributed by atoms with Gasteiger partial charge in [0.1, 0.15) is 0 Å². The topological polar surface area (TPSA) is 38.4 Å². The first-order chi connectivity index (χ1) is 5.25. The molecule has 0 saturated heterocycles. The molecule has 1 rings (SSSR count). The molecule has 0 fully saturated rings. The van der Waals surface area contributed by atoms with Crippen molar-refractivity contribution in [1.29, 1.82) is 0 Å². The summed E-state index contributed by atoms with van der Waals surface area (Å²) in [7, 11) is 1.77. The average molecular weight is 150 g/mol. The van der Waals surface area contributed by atoms with E-state index in [1.165, 1.54) is 5.57 Å². The maximum absolute atomic E-state index is 5.80. The van der Waals surface area contributed by atoms with E-state index < -0.39 is 0 Å². The van der Waals surface area contributed by atoms with Gasteiger partial charge in [-0.05, 0) is 25.3 Å². The molecule has 0 atom stereocenters. The highest BCUT2D eigenvalue weighted by Gasteiger charge is 2.07. The van der Waals surface area contributed by atoms with E-state index in [-0.39, 0.29) is 0 Å². The molecule has 0 heterocycles. The first-order valence-corrected chi connectivity index (χ1v) is 3.83. The zero-order valence-corrected chi connectivity index (χ0v) is 7.09. The molecule has 1 aliphatic carbocycles. The number of hydrogen-bond donors (Lipinski definition) is 1. The van der Waals surface area contributed by atoms with E-state index in [9.17, 15) is 0 Å². The van der Waals surface area contributed by atoms with Crippen molar-refractivity contribution in [3.63, 3.8) is 0 Å². The SMILES string of the molecule is CN=CC1=C(N)CCC=C1C. The van der Waals surface area contributed by atoms with Crippen LogP contribution >= 0.6 is 0 Å². The third kappa shape index (κ3) is 1.70.